The first kappa shape index (κ1) is 21.9. The molecule has 124 valence electrons. The molecule has 0 aromatic carbocycles. The summed E-state index contributed by atoms with van der Waals surface area (Å²) in [6, 6.07) is -0.0901. The lowest BCUT2D eigenvalue weighted by Gasteiger charge is -2.17. The number of likely N-dealkylation sites (N-methyl/N-ethyl adjacent to an activating group) is 1. The Morgan fingerprint density at radius 2 is 1.86 bits per heavy atom. The van der Waals surface area contributed by atoms with Crippen LogP contribution in [-0.4, -0.2) is 38.1 Å². The highest BCUT2D eigenvalue weighted by atomic mass is 16.5. The Kier molecular flexibility index (Phi) is 15.7. The molecule has 2 N–H and O–H groups in total. The summed E-state index contributed by atoms with van der Waals surface area (Å²) in [5.41, 5.74) is 0. The third kappa shape index (κ3) is 12.1. The molecular weight excluding hydrogens is 268 g/mol. The van der Waals surface area contributed by atoms with Crippen LogP contribution >= 0.6 is 0 Å². The predicted octanol–water partition coefficient (Wildman–Crippen LogP) is 2.91. The number of ketones is 1. The quantitative estimate of drug-likeness (QED) is 0.481. The van der Waals surface area contributed by atoms with Crippen molar-refractivity contribution in [2.24, 2.45) is 5.92 Å². The molecule has 0 aliphatic rings. The van der Waals surface area contributed by atoms with E-state index in [1.807, 2.05) is 27.7 Å². The molecule has 0 aliphatic heterocycles. The lowest BCUT2D eigenvalue weighted by Crippen LogP contribution is -2.36. The zero-order valence-corrected chi connectivity index (χ0v) is 14.2. The number of unbranched alkanes of at least 4 members (excludes halogenated alkanes) is 1. The molecule has 21 heavy (non-hydrogen) atoms. The maximum atomic E-state index is 11.8. The molecule has 1 amide bonds. The van der Waals surface area contributed by atoms with Gasteiger partial charge in [0.15, 0.2) is 5.78 Å². The van der Waals surface area contributed by atoms with Crippen molar-refractivity contribution in [3.63, 3.8) is 0 Å². The smallest absolute Gasteiger partial charge is 0.407 e. The van der Waals surface area contributed by atoms with Gasteiger partial charge in [0.25, 0.3) is 0 Å². The number of alkyl carbamates (subject to hydrolysis) is 1. The summed E-state index contributed by atoms with van der Waals surface area (Å²) < 4.78 is 4.78. The Morgan fingerprint density at radius 3 is 2.33 bits per heavy atom. The molecule has 0 rings (SSSR count). The fourth-order valence-electron chi connectivity index (χ4n) is 1.68. The van der Waals surface area contributed by atoms with Crippen LogP contribution in [-0.2, 0) is 9.53 Å². The Bertz CT molecular complexity index is 291. The SMILES string of the molecule is C=CCOC(=O)NCCCCC(NC)C(=O)C(C)C.CC. The van der Waals surface area contributed by atoms with E-state index >= 15 is 0 Å². The highest BCUT2D eigenvalue weighted by Gasteiger charge is 2.18. The van der Waals surface area contributed by atoms with Crippen LogP contribution in [0.3, 0.4) is 0 Å². The van der Waals surface area contributed by atoms with Crippen molar-refractivity contribution in [3.8, 4) is 0 Å². The van der Waals surface area contributed by atoms with Crippen LogP contribution in [0.1, 0.15) is 47.0 Å². The van der Waals surface area contributed by atoms with Crippen LogP contribution in [0.5, 0.6) is 0 Å². The molecule has 0 saturated carbocycles. The van der Waals surface area contributed by atoms with Crippen molar-refractivity contribution < 1.29 is 14.3 Å². The molecule has 0 aliphatic carbocycles. The van der Waals surface area contributed by atoms with Crippen molar-refractivity contribution >= 4 is 11.9 Å². The topological polar surface area (TPSA) is 67.4 Å². The van der Waals surface area contributed by atoms with E-state index in [9.17, 15) is 9.59 Å². The summed E-state index contributed by atoms with van der Waals surface area (Å²) in [5.74, 6) is 0.283. The first-order chi connectivity index (χ1) is 10.0. The molecular formula is C16H32N2O3. The van der Waals surface area contributed by atoms with Crippen molar-refractivity contribution in [1.82, 2.24) is 10.6 Å². The van der Waals surface area contributed by atoms with Crippen LogP contribution in [0, 0.1) is 5.92 Å². The molecule has 1 atom stereocenters. The molecule has 0 aromatic heterocycles. The molecule has 5 nitrogen and oxygen atoms in total. The lowest BCUT2D eigenvalue weighted by molar-refractivity contribution is -0.124. The van der Waals surface area contributed by atoms with E-state index in [0.29, 0.717) is 6.54 Å². The van der Waals surface area contributed by atoms with Crippen LogP contribution in [0.15, 0.2) is 12.7 Å². The average molecular weight is 300 g/mol. The Hall–Kier alpha value is -1.36. The number of hydrogen-bond acceptors (Lipinski definition) is 4. The van der Waals surface area contributed by atoms with E-state index in [0.717, 1.165) is 19.3 Å². The van der Waals surface area contributed by atoms with E-state index in [-0.39, 0.29) is 24.3 Å². The number of amides is 1. The van der Waals surface area contributed by atoms with Gasteiger partial charge in [0.2, 0.25) is 0 Å². The Balaban J connectivity index is 0. The summed E-state index contributed by atoms with van der Waals surface area (Å²) >= 11 is 0. The number of hydrogen-bond donors (Lipinski definition) is 2. The molecule has 0 saturated heterocycles. The maximum Gasteiger partial charge on any atom is 0.407 e. The number of nitrogens with one attached hydrogen (secondary N) is 2. The van der Waals surface area contributed by atoms with E-state index < -0.39 is 6.09 Å². The van der Waals surface area contributed by atoms with Gasteiger partial charge in [-0.2, -0.15) is 0 Å². The van der Waals surface area contributed by atoms with Gasteiger partial charge in [-0.25, -0.2) is 4.79 Å². The normalized spacial score (nSPS) is 11.1. The van der Waals surface area contributed by atoms with Gasteiger partial charge in [0.1, 0.15) is 6.61 Å². The molecule has 5 heteroatoms. The average Bonchev–Trinajstić information content (AvgIpc) is 2.50. The molecule has 0 fully saturated rings. The zero-order chi connectivity index (χ0) is 16.7. The van der Waals surface area contributed by atoms with Crippen molar-refractivity contribution in [2.75, 3.05) is 20.2 Å². The van der Waals surface area contributed by atoms with Gasteiger partial charge in [0.05, 0.1) is 6.04 Å². The Labute approximate surface area is 129 Å². The number of carbonyl (C=O) groups excluding carboxylic acids is 2. The van der Waals surface area contributed by atoms with E-state index in [1.165, 1.54) is 6.08 Å². The highest BCUT2D eigenvalue weighted by molar-refractivity contribution is 5.85. The van der Waals surface area contributed by atoms with Gasteiger partial charge in [-0.3, -0.25) is 4.79 Å². The molecule has 0 spiro atoms. The minimum absolute atomic E-state index is 0.0458. The first-order valence-corrected chi connectivity index (χ1v) is 7.75. The largest absolute Gasteiger partial charge is 0.445 e. The third-order valence-electron chi connectivity index (χ3n) is 2.78. The highest BCUT2D eigenvalue weighted by Crippen LogP contribution is 2.07. The minimum atomic E-state index is -0.427. The van der Waals surface area contributed by atoms with Crippen molar-refractivity contribution in [3.05, 3.63) is 12.7 Å². The second-order valence-electron chi connectivity index (χ2n) is 4.71. The van der Waals surface area contributed by atoms with Crippen LogP contribution in [0.2, 0.25) is 0 Å². The fraction of sp³-hybridized carbons (Fsp3) is 0.750. The lowest BCUT2D eigenvalue weighted by atomic mass is 9.97. The van der Waals surface area contributed by atoms with E-state index in [2.05, 4.69) is 17.2 Å². The first-order valence-electron chi connectivity index (χ1n) is 7.75. The second kappa shape index (κ2) is 15.0. The maximum absolute atomic E-state index is 11.8. The van der Waals surface area contributed by atoms with Gasteiger partial charge in [-0.1, -0.05) is 40.3 Å². The molecule has 0 radical (unpaired) electrons. The zero-order valence-electron chi connectivity index (χ0n) is 14.2. The molecule has 1 unspecified atom stereocenters. The summed E-state index contributed by atoms with van der Waals surface area (Å²) in [5, 5.41) is 5.69. The summed E-state index contributed by atoms with van der Waals surface area (Å²) in [6.07, 6.45) is 3.59. The minimum Gasteiger partial charge on any atom is -0.445 e. The van der Waals surface area contributed by atoms with Gasteiger partial charge >= 0.3 is 6.09 Å². The summed E-state index contributed by atoms with van der Waals surface area (Å²) in [7, 11) is 1.80. The standard InChI is InChI=1S/C14H26N2O3.C2H6/c1-5-10-19-14(18)16-9-7-6-8-12(15-4)13(17)11(2)3;1-2/h5,11-12,15H,1,6-10H2,2-4H3,(H,16,18);1-2H3. The van der Waals surface area contributed by atoms with Gasteiger partial charge in [-0.15, -0.1) is 0 Å². The fourth-order valence-corrected chi connectivity index (χ4v) is 1.68. The Morgan fingerprint density at radius 1 is 1.24 bits per heavy atom. The number of Topliss-reactive ketones (excluding diaryl/α,β-unsaturated/α-hetero) is 1. The van der Waals surface area contributed by atoms with Crippen molar-refractivity contribution in [2.45, 2.75) is 53.0 Å². The molecule has 0 aromatic rings. The predicted molar refractivity (Wildman–Crippen MR) is 87.4 cm³/mol. The summed E-state index contributed by atoms with van der Waals surface area (Å²) in [6.45, 7) is 12.0. The van der Waals surface area contributed by atoms with Crippen molar-refractivity contribution in [1.29, 1.82) is 0 Å². The monoisotopic (exact) mass is 300 g/mol. The van der Waals surface area contributed by atoms with E-state index in [4.69, 9.17) is 4.74 Å². The number of rotatable bonds is 10. The van der Waals surface area contributed by atoms with Crippen LogP contribution in [0.4, 0.5) is 4.79 Å². The van der Waals surface area contributed by atoms with Crippen LogP contribution in [0.25, 0.3) is 0 Å². The van der Waals surface area contributed by atoms with Gasteiger partial charge in [0, 0.05) is 12.5 Å². The molecule has 0 bridgehead atoms. The summed E-state index contributed by atoms with van der Waals surface area (Å²) in [4.78, 5) is 22.9. The number of carbonyl (C=O) groups is 2. The third-order valence-corrected chi connectivity index (χ3v) is 2.78. The molecule has 0 heterocycles. The second-order valence-corrected chi connectivity index (χ2v) is 4.71. The number of ether oxygens (including phenoxy) is 1. The van der Waals surface area contributed by atoms with Gasteiger partial charge in [-0.05, 0) is 26.3 Å². The van der Waals surface area contributed by atoms with Gasteiger partial charge < -0.3 is 15.4 Å². The van der Waals surface area contributed by atoms with Crippen LogP contribution < -0.4 is 10.6 Å². The van der Waals surface area contributed by atoms with E-state index in [1.54, 1.807) is 7.05 Å².